The van der Waals surface area contributed by atoms with E-state index in [1.54, 1.807) is 52.1 Å². The van der Waals surface area contributed by atoms with E-state index in [0.717, 1.165) is 23.1 Å². The third-order valence-corrected chi connectivity index (χ3v) is 5.19. The van der Waals surface area contributed by atoms with Crippen molar-refractivity contribution in [3.8, 4) is 5.75 Å². The molecule has 0 aliphatic rings. The van der Waals surface area contributed by atoms with Gasteiger partial charge in [0.1, 0.15) is 24.5 Å². The molecule has 0 saturated heterocycles. The summed E-state index contributed by atoms with van der Waals surface area (Å²) >= 11 is 1.05. The Morgan fingerprint density at radius 2 is 1.73 bits per heavy atom. The van der Waals surface area contributed by atoms with Crippen LogP contribution in [0.3, 0.4) is 0 Å². The number of hydrogen-bond acceptors (Lipinski definition) is 8. The molecule has 33 heavy (non-hydrogen) atoms. The van der Waals surface area contributed by atoms with E-state index in [9.17, 15) is 19.2 Å². The second-order valence-electron chi connectivity index (χ2n) is 8.30. The van der Waals surface area contributed by atoms with Gasteiger partial charge < -0.3 is 24.8 Å². The van der Waals surface area contributed by atoms with E-state index in [4.69, 9.17) is 14.2 Å². The van der Waals surface area contributed by atoms with E-state index >= 15 is 0 Å². The molecule has 1 atom stereocenters. The third kappa shape index (κ3) is 13.4. The molecule has 0 spiro atoms. The number of ether oxygens (including phenoxy) is 3. The monoisotopic (exact) mass is 482 g/mol. The number of amides is 2. The lowest BCUT2D eigenvalue weighted by Gasteiger charge is -2.20. The molecule has 10 heteroatoms. The van der Waals surface area contributed by atoms with E-state index in [1.807, 2.05) is 0 Å². The molecule has 0 fully saturated rings. The average Bonchev–Trinajstić information content (AvgIpc) is 2.74. The lowest BCUT2D eigenvalue weighted by atomic mass is 10.0. The first-order valence-corrected chi connectivity index (χ1v) is 11.6. The van der Waals surface area contributed by atoms with Crippen LogP contribution in [0.25, 0.3) is 0 Å². The zero-order valence-electron chi connectivity index (χ0n) is 19.9. The molecule has 1 aromatic carbocycles. The van der Waals surface area contributed by atoms with Gasteiger partial charge in [-0.25, -0.2) is 4.79 Å². The minimum Gasteiger partial charge on any atom is -0.497 e. The van der Waals surface area contributed by atoms with Crippen molar-refractivity contribution in [2.75, 3.05) is 26.0 Å². The molecule has 9 nitrogen and oxygen atoms in total. The van der Waals surface area contributed by atoms with Crippen LogP contribution in [0.4, 0.5) is 4.79 Å². The Morgan fingerprint density at radius 3 is 2.30 bits per heavy atom. The minimum absolute atomic E-state index is 0.0971. The average molecular weight is 483 g/mol. The molecule has 0 aliphatic carbocycles. The Morgan fingerprint density at radius 1 is 1.06 bits per heavy atom. The fourth-order valence-electron chi connectivity index (χ4n) is 2.65. The molecule has 1 unspecified atom stereocenters. The highest BCUT2D eigenvalue weighted by Gasteiger charge is 2.22. The highest BCUT2D eigenvalue weighted by Crippen LogP contribution is 2.16. The molecule has 2 N–H and O–H groups in total. The Bertz CT molecular complexity index is 791. The molecule has 0 aliphatic heterocycles. The predicted octanol–water partition coefficient (Wildman–Crippen LogP) is 3.06. The number of methoxy groups -OCH3 is 1. The van der Waals surface area contributed by atoms with Gasteiger partial charge >= 0.3 is 12.1 Å². The fraction of sp³-hybridized carbons (Fsp3) is 0.565. The van der Waals surface area contributed by atoms with Crippen molar-refractivity contribution in [2.24, 2.45) is 5.92 Å². The molecule has 184 valence electrons. The smallest absolute Gasteiger partial charge is 0.407 e. The summed E-state index contributed by atoms with van der Waals surface area (Å²) in [6.45, 7) is 6.85. The van der Waals surface area contributed by atoms with Gasteiger partial charge in [0.25, 0.3) is 0 Å². The first-order chi connectivity index (χ1) is 15.5. The number of hydrogen-bond donors (Lipinski definition) is 2. The van der Waals surface area contributed by atoms with Crippen molar-refractivity contribution in [1.29, 1.82) is 0 Å². The van der Waals surface area contributed by atoms with Gasteiger partial charge in [-0.3, -0.25) is 14.4 Å². The van der Waals surface area contributed by atoms with Crippen LogP contribution in [0.15, 0.2) is 24.3 Å². The summed E-state index contributed by atoms with van der Waals surface area (Å²) < 4.78 is 15.4. The van der Waals surface area contributed by atoms with E-state index in [0.29, 0.717) is 19.4 Å². The van der Waals surface area contributed by atoms with E-state index in [1.165, 1.54) is 6.92 Å². The van der Waals surface area contributed by atoms with Crippen LogP contribution in [-0.4, -0.2) is 54.6 Å². The Balaban J connectivity index is 2.40. The zero-order chi connectivity index (χ0) is 24.9. The Kier molecular flexibility index (Phi) is 12.3. The van der Waals surface area contributed by atoms with Gasteiger partial charge in [-0.15, -0.1) is 0 Å². The van der Waals surface area contributed by atoms with Gasteiger partial charge in [-0.05, 0) is 51.3 Å². The number of carbonyl (C=O) groups excluding carboxylic acids is 4. The molecule has 2 amide bonds. The molecule has 0 bridgehead atoms. The normalized spacial score (nSPS) is 11.8. The number of carbonyl (C=O) groups is 4. The molecule has 1 aromatic rings. The van der Waals surface area contributed by atoms with Gasteiger partial charge in [0.2, 0.25) is 5.91 Å². The van der Waals surface area contributed by atoms with Gasteiger partial charge in [-0.1, -0.05) is 23.9 Å². The topological polar surface area (TPSA) is 120 Å². The maximum absolute atomic E-state index is 12.5. The van der Waals surface area contributed by atoms with Crippen LogP contribution < -0.4 is 15.4 Å². The summed E-state index contributed by atoms with van der Waals surface area (Å²) in [4.78, 5) is 47.5. The summed E-state index contributed by atoms with van der Waals surface area (Å²) in [7, 11) is 1.58. The summed E-state index contributed by atoms with van der Waals surface area (Å²) in [5.41, 5.74) is 0.188. The van der Waals surface area contributed by atoms with Gasteiger partial charge in [-0.2, -0.15) is 0 Å². The summed E-state index contributed by atoms with van der Waals surface area (Å²) in [5.74, 6) is -0.349. The van der Waals surface area contributed by atoms with Crippen molar-refractivity contribution >= 4 is 34.8 Å². The van der Waals surface area contributed by atoms with Crippen LogP contribution in [-0.2, 0) is 30.5 Å². The second kappa shape index (κ2) is 14.4. The van der Waals surface area contributed by atoms with Crippen LogP contribution in [0, 0.1) is 5.92 Å². The number of nitrogens with one attached hydrogen (secondary N) is 2. The second-order valence-corrected chi connectivity index (χ2v) is 9.49. The van der Waals surface area contributed by atoms with E-state index in [2.05, 4.69) is 10.6 Å². The summed E-state index contributed by atoms with van der Waals surface area (Å²) in [6.07, 6.45) is 0.370. The molecule has 0 radical (unpaired) electrons. The highest BCUT2D eigenvalue weighted by molar-refractivity contribution is 8.13. The quantitative estimate of drug-likeness (QED) is 0.345. The van der Waals surface area contributed by atoms with Gasteiger partial charge in [0, 0.05) is 25.1 Å². The minimum atomic E-state index is -0.640. The van der Waals surface area contributed by atoms with Gasteiger partial charge in [0.05, 0.1) is 7.11 Å². The van der Waals surface area contributed by atoms with Crippen molar-refractivity contribution in [3.05, 3.63) is 29.8 Å². The predicted molar refractivity (Wildman–Crippen MR) is 126 cm³/mol. The molecule has 0 heterocycles. The summed E-state index contributed by atoms with van der Waals surface area (Å²) in [6, 6.07) is 7.17. The van der Waals surface area contributed by atoms with Crippen molar-refractivity contribution in [2.45, 2.75) is 52.7 Å². The molecule has 0 aromatic heterocycles. The van der Waals surface area contributed by atoms with E-state index in [-0.39, 0.29) is 29.9 Å². The number of thioether (sulfide) groups is 1. The number of benzene rings is 1. The van der Waals surface area contributed by atoms with Crippen LogP contribution >= 0.6 is 11.8 Å². The molecular weight excluding hydrogens is 448 g/mol. The molecule has 0 saturated carbocycles. The van der Waals surface area contributed by atoms with Crippen molar-refractivity contribution in [3.63, 3.8) is 0 Å². The lowest BCUT2D eigenvalue weighted by molar-refractivity contribution is -0.154. The lowest BCUT2D eigenvalue weighted by Crippen LogP contribution is -2.38. The number of esters is 1. The number of rotatable bonds is 12. The fourth-order valence-corrected chi connectivity index (χ4v) is 3.40. The van der Waals surface area contributed by atoms with Gasteiger partial charge in [0.15, 0.2) is 5.12 Å². The third-order valence-electron chi connectivity index (χ3n) is 4.21. The zero-order valence-corrected chi connectivity index (χ0v) is 20.7. The molecule has 1 rings (SSSR count). The van der Waals surface area contributed by atoms with Crippen LogP contribution in [0.1, 0.15) is 46.1 Å². The Hall–Kier alpha value is -2.75. The van der Waals surface area contributed by atoms with Crippen LogP contribution in [0.5, 0.6) is 5.75 Å². The maximum atomic E-state index is 12.5. The van der Waals surface area contributed by atoms with Crippen molar-refractivity contribution in [1.82, 2.24) is 10.6 Å². The summed E-state index contributed by atoms with van der Waals surface area (Å²) in [5, 5.41) is 5.11. The first kappa shape index (κ1) is 28.3. The Labute approximate surface area is 199 Å². The standard InChI is InChI=1S/C23H34N2O7S/c1-16(26)33-15-18(21(28)25-13-20(27)32-23(2,3)4)7-6-12-24-22(29)31-14-17-8-10-19(30-5)11-9-17/h8-11,18H,6-7,12-15H2,1-5H3,(H,24,29)(H,25,28). The first-order valence-electron chi connectivity index (χ1n) is 10.7. The largest absolute Gasteiger partial charge is 0.497 e. The maximum Gasteiger partial charge on any atom is 0.407 e. The molecular formula is C23H34N2O7S. The van der Waals surface area contributed by atoms with Crippen molar-refractivity contribution < 1.29 is 33.4 Å². The van der Waals surface area contributed by atoms with Crippen LogP contribution in [0.2, 0.25) is 0 Å². The van der Waals surface area contributed by atoms with E-state index < -0.39 is 23.6 Å². The number of alkyl carbamates (subject to hydrolysis) is 1. The highest BCUT2D eigenvalue weighted by atomic mass is 32.2. The SMILES string of the molecule is COc1ccc(COC(=O)NCCCC(CSC(C)=O)C(=O)NCC(=O)OC(C)(C)C)cc1.